The normalized spacial score (nSPS) is 22.1. The lowest BCUT2D eigenvalue weighted by Crippen LogP contribution is -2.47. The molecule has 104 valence electrons. The van der Waals surface area contributed by atoms with Crippen molar-refractivity contribution in [3.05, 3.63) is 52.6 Å². The summed E-state index contributed by atoms with van der Waals surface area (Å²) in [6.45, 7) is 2.47. The second kappa shape index (κ2) is 4.63. The highest BCUT2D eigenvalue weighted by molar-refractivity contribution is 9.10. The van der Waals surface area contributed by atoms with Gasteiger partial charge < -0.3 is 10.2 Å². The van der Waals surface area contributed by atoms with E-state index in [1.807, 2.05) is 24.0 Å². The number of nitrogens with two attached hydrogens (primary N) is 1. The van der Waals surface area contributed by atoms with E-state index in [2.05, 4.69) is 20.9 Å². The molecule has 0 radical (unpaired) electrons. The molecule has 1 aromatic heterocycles. The van der Waals surface area contributed by atoms with Gasteiger partial charge >= 0.3 is 0 Å². The fraction of sp³-hybridized carbons (Fsp3) is 0.214. The standard InChI is InChI=1S/C14H13BrFN3O/c1-14(11-6-7-12(15)20-11)8-18-13(17)19(14)10-4-2-9(16)3-5-10/h2-7H,8H2,1H3,(H2,17,18). The van der Waals surface area contributed by atoms with Crippen LogP contribution in [0.2, 0.25) is 0 Å². The van der Waals surface area contributed by atoms with Crippen molar-refractivity contribution >= 4 is 27.6 Å². The molecule has 0 aliphatic carbocycles. The minimum atomic E-state index is -0.520. The zero-order chi connectivity index (χ0) is 14.3. The Morgan fingerprint density at radius 2 is 2.00 bits per heavy atom. The van der Waals surface area contributed by atoms with E-state index >= 15 is 0 Å². The van der Waals surface area contributed by atoms with Crippen molar-refractivity contribution in [3.8, 4) is 0 Å². The van der Waals surface area contributed by atoms with Crippen LogP contribution >= 0.6 is 15.9 Å². The van der Waals surface area contributed by atoms with Crippen molar-refractivity contribution in [1.82, 2.24) is 0 Å². The number of furan rings is 1. The molecule has 6 heteroatoms. The number of guanidine groups is 1. The maximum Gasteiger partial charge on any atom is 0.196 e. The first-order valence-corrected chi connectivity index (χ1v) is 6.91. The van der Waals surface area contributed by atoms with Gasteiger partial charge in [-0.15, -0.1) is 0 Å². The molecule has 2 heterocycles. The first kappa shape index (κ1) is 13.2. The Morgan fingerprint density at radius 3 is 2.60 bits per heavy atom. The summed E-state index contributed by atoms with van der Waals surface area (Å²) in [5.41, 5.74) is 6.26. The Kier molecular flexibility index (Phi) is 3.05. The Labute approximate surface area is 124 Å². The molecule has 0 saturated heterocycles. The van der Waals surface area contributed by atoms with Gasteiger partial charge in [-0.05, 0) is 59.3 Å². The molecule has 0 fully saturated rings. The number of hydrogen-bond donors (Lipinski definition) is 1. The monoisotopic (exact) mass is 337 g/mol. The number of anilines is 1. The third kappa shape index (κ3) is 2.00. The van der Waals surface area contributed by atoms with E-state index in [1.165, 1.54) is 12.1 Å². The lowest BCUT2D eigenvalue weighted by molar-refractivity contribution is 0.378. The molecular weight excluding hydrogens is 325 g/mol. The molecule has 1 aromatic carbocycles. The zero-order valence-corrected chi connectivity index (χ0v) is 12.4. The quantitative estimate of drug-likeness (QED) is 0.915. The molecule has 1 aliphatic rings. The molecule has 0 spiro atoms. The molecule has 1 unspecified atom stereocenters. The van der Waals surface area contributed by atoms with Gasteiger partial charge in [-0.1, -0.05) is 0 Å². The highest BCUT2D eigenvalue weighted by atomic mass is 79.9. The van der Waals surface area contributed by atoms with Crippen LogP contribution < -0.4 is 10.6 Å². The third-order valence-electron chi connectivity index (χ3n) is 3.46. The summed E-state index contributed by atoms with van der Waals surface area (Å²) < 4.78 is 19.4. The van der Waals surface area contributed by atoms with Gasteiger partial charge in [0.15, 0.2) is 10.6 Å². The summed E-state index contributed by atoms with van der Waals surface area (Å²) >= 11 is 3.30. The fourth-order valence-electron chi connectivity index (χ4n) is 2.43. The van der Waals surface area contributed by atoms with Gasteiger partial charge in [-0.3, -0.25) is 9.89 Å². The molecule has 1 atom stereocenters. The van der Waals surface area contributed by atoms with Crippen LogP contribution in [-0.2, 0) is 5.54 Å². The maximum absolute atomic E-state index is 13.1. The van der Waals surface area contributed by atoms with Crippen LogP contribution in [0.1, 0.15) is 12.7 Å². The van der Waals surface area contributed by atoms with Gasteiger partial charge in [0.2, 0.25) is 0 Å². The largest absolute Gasteiger partial charge is 0.452 e. The predicted molar refractivity (Wildman–Crippen MR) is 79.1 cm³/mol. The molecule has 0 amide bonds. The molecule has 0 saturated carbocycles. The minimum Gasteiger partial charge on any atom is -0.452 e. The van der Waals surface area contributed by atoms with E-state index in [1.54, 1.807) is 12.1 Å². The second-order valence-electron chi connectivity index (χ2n) is 4.86. The second-order valence-corrected chi connectivity index (χ2v) is 5.65. The SMILES string of the molecule is CC1(c2ccc(Br)o2)CN=C(N)N1c1ccc(F)cc1. The van der Waals surface area contributed by atoms with Crippen molar-refractivity contribution in [3.63, 3.8) is 0 Å². The molecule has 0 bridgehead atoms. The summed E-state index contributed by atoms with van der Waals surface area (Å²) in [4.78, 5) is 6.17. The Morgan fingerprint density at radius 1 is 1.30 bits per heavy atom. The van der Waals surface area contributed by atoms with Crippen molar-refractivity contribution in [2.75, 3.05) is 11.4 Å². The number of halogens is 2. The van der Waals surface area contributed by atoms with E-state index in [9.17, 15) is 4.39 Å². The van der Waals surface area contributed by atoms with E-state index in [0.29, 0.717) is 17.2 Å². The number of hydrogen-bond acceptors (Lipinski definition) is 4. The summed E-state index contributed by atoms with van der Waals surface area (Å²) in [5, 5.41) is 0. The molecule has 2 N–H and O–H groups in total. The molecule has 2 aromatic rings. The Hall–Kier alpha value is -1.82. The van der Waals surface area contributed by atoms with Gasteiger partial charge in [-0.25, -0.2) is 4.39 Å². The molecule has 3 rings (SSSR count). The molecule has 4 nitrogen and oxygen atoms in total. The van der Waals surface area contributed by atoms with Gasteiger partial charge in [-0.2, -0.15) is 0 Å². The van der Waals surface area contributed by atoms with Crippen LogP contribution in [-0.4, -0.2) is 12.5 Å². The minimum absolute atomic E-state index is 0.286. The number of benzene rings is 1. The average Bonchev–Trinajstić information content (AvgIpc) is 2.97. The smallest absolute Gasteiger partial charge is 0.196 e. The third-order valence-corrected chi connectivity index (χ3v) is 3.89. The van der Waals surface area contributed by atoms with Gasteiger partial charge in [0.25, 0.3) is 0 Å². The van der Waals surface area contributed by atoms with Crippen molar-refractivity contribution in [1.29, 1.82) is 0 Å². The number of aliphatic imine (C=N–C) groups is 1. The Balaban J connectivity index is 2.06. The molecule has 20 heavy (non-hydrogen) atoms. The molecular formula is C14H13BrFN3O. The van der Waals surface area contributed by atoms with Gasteiger partial charge in [0, 0.05) is 5.69 Å². The van der Waals surface area contributed by atoms with E-state index < -0.39 is 5.54 Å². The van der Waals surface area contributed by atoms with Crippen molar-refractivity contribution < 1.29 is 8.81 Å². The van der Waals surface area contributed by atoms with Crippen LogP contribution in [0.15, 0.2) is 50.5 Å². The highest BCUT2D eigenvalue weighted by Gasteiger charge is 2.43. The zero-order valence-electron chi connectivity index (χ0n) is 10.8. The van der Waals surface area contributed by atoms with Crippen LogP contribution in [0, 0.1) is 5.82 Å². The highest BCUT2D eigenvalue weighted by Crippen LogP contribution is 2.38. The predicted octanol–water partition coefficient (Wildman–Crippen LogP) is 3.23. The first-order chi connectivity index (χ1) is 9.50. The topological polar surface area (TPSA) is 54.8 Å². The lowest BCUT2D eigenvalue weighted by atomic mass is 9.97. The van der Waals surface area contributed by atoms with Gasteiger partial charge in [0.1, 0.15) is 17.1 Å². The summed E-state index contributed by atoms with van der Waals surface area (Å²) in [6.07, 6.45) is 0. The van der Waals surface area contributed by atoms with Crippen LogP contribution in [0.4, 0.5) is 10.1 Å². The summed E-state index contributed by atoms with van der Waals surface area (Å²) in [7, 11) is 0. The average molecular weight is 338 g/mol. The lowest BCUT2D eigenvalue weighted by Gasteiger charge is -2.34. The van der Waals surface area contributed by atoms with Crippen LogP contribution in [0.25, 0.3) is 0 Å². The van der Waals surface area contributed by atoms with Crippen LogP contribution in [0.3, 0.4) is 0 Å². The van der Waals surface area contributed by atoms with Gasteiger partial charge in [0.05, 0.1) is 6.54 Å². The maximum atomic E-state index is 13.1. The molecule has 1 aliphatic heterocycles. The number of rotatable bonds is 2. The number of nitrogens with zero attached hydrogens (tertiary/aromatic N) is 2. The van der Waals surface area contributed by atoms with E-state index in [-0.39, 0.29) is 5.82 Å². The van der Waals surface area contributed by atoms with Crippen LogP contribution in [0.5, 0.6) is 0 Å². The van der Waals surface area contributed by atoms with E-state index in [4.69, 9.17) is 10.2 Å². The fourth-order valence-corrected chi connectivity index (χ4v) is 2.73. The summed E-state index contributed by atoms with van der Waals surface area (Å²) in [5.74, 6) is 0.857. The summed E-state index contributed by atoms with van der Waals surface area (Å²) in [6, 6.07) is 9.88. The first-order valence-electron chi connectivity index (χ1n) is 6.12. The van der Waals surface area contributed by atoms with E-state index in [0.717, 1.165) is 11.4 Å². The Bertz CT molecular complexity index is 667. The van der Waals surface area contributed by atoms with Crippen molar-refractivity contribution in [2.45, 2.75) is 12.5 Å². The van der Waals surface area contributed by atoms with Crippen molar-refractivity contribution in [2.24, 2.45) is 10.7 Å².